The summed E-state index contributed by atoms with van der Waals surface area (Å²) in [6, 6.07) is 7.56. The Labute approximate surface area is 125 Å². The Morgan fingerprint density at radius 2 is 1.90 bits per heavy atom. The maximum Gasteiger partial charge on any atom is 0.328 e. The molecule has 0 aromatic heterocycles. The van der Waals surface area contributed by atoms with Gasteiger partial charge in [-0.2, -0.15) is 0 Å². The summed E-state index contributed by atoms with van der Waals surface area (Å²) >= 11 is 0. The van der Waals surface area contributed by atoms with Gasteiger partial charge in [-0.15, -0.1) is 0 Å². The number of hydrogen-bond acceptors (Lipinski definition) is 3. The number of hydrogen-bond donors (Lipinski definition) is 2. The van der Waals surface area contributed by atoms with Crippen molar-refractivity contribution in [2.75, 3.05) is 13.1 Å². The number of nitrogens with zero attached hydrogens (tertiary/aromatic N) is 1. The van der Waals surface area contributed by atoms with E-state index in [4.69, 9.17) is 10.8 Å². The fraction of sp³-hybridized carbons (Fsp3) is 0.375. The van der Waals surface area contributed by atoms with Crippen LogP contribution in [0.25, 0.3) is 6.08 Å². The number of rotatable bonds is 8. The predicted molar refractivity (Wildman–Crippen MR) is 82.4 cm³/mol. The van der Waals surface area contributed by atoms with Gasteiger partial charge in [0, 0.05) is 19.2 Å². The second kappa shape index (κ2) is 8.21. The molecular formula is C16H22N2O3. The molecule has 3 N–H and O–H groups in total. The summed E-state index contributed by atoms with van der Waals surface area (Å²) in [5.41, 5.74) is 7.15. The summed E-state index contributed by atoms with van der Waals surface area (Å²) in [6.07, 6.45) is 2.65. The zero-order valence-corrected chi connectivity index (χ0v) is 12.5. The van der Waals surface area contributed by atoms with Crippen LogP contribution in [0.1, 0.15) is 25.0 Å². The SMILES string of the molecule is CC(C)CN(CC(N)=O)Cc1ccc(C=CC(=O)O)cc1. The highest BCUT2D eigenvalue weighted by Gasteiger charge is 2.10. The summed E-state index contributed by atoms with van der Waals surface area (Å²) in [7, 11) is 0. The van der Waals surface area contributed by atoms with Gasteiger partial charge in [-0.1, -0.05) is 38.1 Å². The molecule has 1 aromatic carbocycles. The number of aliphatic carboxylic acids is 1. The molecule has 0 aliphatic rings. The topological polar surface area (TPSA) is 83.6 Å². The second-order valence-electron chi connectivity index (χ2n) is 5.44. The number of carbonyl (C=O) groups is 2. The van der Waals surface area contributed by atoms with Crippen LogP contribution in [0.5, 0.6) is 0 Å². The number of carboxylic acid groups (broad SMARTS) is 1. The Morgan fingerprint density at radius 3 is 2.38 bits per heavy atom. The Balaban J connectivity index is 2.70. The number of nitrogens with two attached hydrogens (primary N) is 1. The van der Waals surface area contributed by atoms with Crippen LogP contribution in [0.3, 0.4) is 0 Å². The molecule has 1 aromatic rings. The smallest absolute Gasteiger partial charge is 0.328 e. The van der Waals surface area contributed by atoms with Crippen molar-refractivity contribution in [1.82, 2.24) is 4.90 Å². The molecule has 0 heterocycles. The van der Waals surface area contributed by atoms with E-state index in [1.807, 2.05) is 29.2 Å². The minimum atomic E-state index is -0.969. The van der Waals surface area contributed by atoms with Gasteiger partial charge in [-0.3, -0.25) is 9.69 Å². The van der Waals surface area contributed by atoms with E-state index in [1.165, 1.54) is 0 Å². The van der Waals surface area contributed by atoms with Gasteiger partial charge < -0.3 is 10.8 Å². The van der Waals surface area contributed by atoms with Crippen LogP contribution < -0.4 is 5.73 Å². The number of carboxylic acids is 1. The van der Waals surface area contributed by atoms with Gasteiger partial charge in [0.25, 0.3) is 0 Å². The third-order valence-electron chi connectivity index (χ3n) is 2.81. The molecule has 0 radical (unpaired) electrons. The molecule has 0 saturated carbocycles. The van der Waals surface area contributed by atoms with E-state index < -0.39 is 5.97 Å². The second-order valence-corrected chi connectivity index (χ2v) is 5.44. The Hall–Kier alpha value is -2.14. The van der Waals surface area contributed by atoms with Crippen LogP contribution in [0.15, 0.2) is 30.3 Å². The molecule has 114 valence electrons. The third-order valence-corrected chi connectivity index (χ3v) is 2.81. The highest BCUT2D eigenvalue weighted by Crippen LogP contribution is 2.10. The minimum absolute atomic E-state index is 0.235. The molecule has 1 rings (SSSR count). The van der Waals surface area contributed by atoms with Crippen molar-refractivity contribution < 1.29 is 14.7 Å². The first kappa shape index (κ1) is 16.9. The van der Waals surface area contributed by atoms with Crippen molar-refractivity contribution in [2.45, 2.75) is 20.4 Å². The number of amides is 1. The zero-order valence-electron chi connectivity index (χ0n) is 12.5. The zero-order chi connectivity index (χ0) is 15.8. The molecule has 0 aliphatic heterocycles. The van der Waals surface area contributed by atoms with Crippen molar-refractivity contribution in [1.29, 1.82) is 0 Å². The third kappa shape index (κ3) is 7.27. The van der Waals surface area contributed by atoms with Crippen LogP contribution in [0.2, 0.25) is 0 Å². The van der Waals surface area contributed by atoms with Gasteiger partial charge in [0.2, 0.25) is 5.91 Å². The largest absolute Gasteiger partial charge is 0.478 e. The average molecular weight is 290 g/mol. The van der Waals surface area contributed by atoms with Crippen molar-refractivity contribution in [3.05, 3.63) is 41.5 Å². The summed E-state index contributed by atoms with van der Waals surface area (Å²) in [5, 5.41) is 8.58. The lowest BCUT2D eigenvalue weighted by atomic mass is 10.1. The first-order valence-corrected chi connectivity index (χ1v) is 6.87. The van der Waals surface area contributed by atoms with E-state index in [0.29, 0.717) is 12.5 Å². The number of carbonyl (C=O) groups excluding carboxylic acids is 1. The van der Waals surface area contributed by atoms with E-state index in [9.17, 15) is 9.59 Å². The fourth-order valence-corrected chi connectivity index (χ4v) is 2.08. The lowest BCUT2D eigenvalue weighted by Gasteiger charge is -2.22. The van der Waals surface area contributed by atoms with Crippen molar-refractivity contribution in [3.63, 3.8) is 0 Å². The minimum Gasteiger partial charge on any atom is -0.478 e. The van der Waals surface area contributed by atoms with Gasteiger partial charge in [-0.25, -0.2) is 4.79 Å². The van der Waals surface area contributed by atoms with Crippen LogP contribution in [0.4, 0.5) is 0 Å². The molecule has 1 amide bonds. The molecule has 0 bridgehead atoms. The van der Waals surface area contributed by atoms with E-state index in [1.54, 1.807) is 6.08 Å². The molecule has 0 unspecified atom stereocenters. The molecule has 0 saturated heterocycles. The van der Waals surface area contributed by atoms with Crippen LogP contribution in [-0.2, 0) is 16.1 Å². The van der Waals surface area contributed by atoms with Gasteiger partial charge >= 0.3 is 5.97 Å². The normalized spacial score (nSPS) is 11.4. The Kier molecular flexibility index (Phi) is 6.62. The quantitative estimate of drug-likeness (QED) is 0.714. The van der Waals surface area contributed by atoms with E-state index in [0.717, 1.165) is 23.7 Å². The van der Waals surface area contributed by atoms with Crippen LogP contribution in [0, 0.1) is 5.92 Å². The summed E-state index contributed by atoms with van der Waals surface area (Å²) in [4.78, 5) is 23.6. The van der Waals surface area contributed by atoms with Gasteiger partial charge in [0.15, 0.2) is 0 Å². The van der Waals surface area contributed by atoms with Crippen molar-refractivity contribution in [3.8, 4) is 0 Å². The maximum absolute atomic E-state index is 11.1. The number of primary amides is 1. The Morgan fingerprint density at radius 1 is 1.29 bits per heavy atom. The molecule has 5 nitrogen and oxygen atoms in total. The van der Waals surface area contributed by atoms with E-state index >= 15 is 0 Å². The standard InChI is InChI=1S/C16H22N2O3/c1-12(2)9-18(11-15(17)19)10-14-5-3-13(4-6-14)7-8-16(20)21/h3-8,12H,9-11H2,1-2H3,(H2,17,19)(H,20,21). The highest BCUT2D eigenvalue weighted by atomic mass is 16.4. The lowest BCUT2D eigenvalue weighted by molar-refractivity contribution is -0.131. The first-order chi connectivity index (χ1) is 9.86. The summed E-state index contributed by atoms with van der Waals surface area (Å²) in [6.45, 7) is 5.86. The predicted octanol–water partition coefficient (Wildman–Crippen LogP) is 1.73. The fourth-order valence-electron chi connectivity index (χ4n) is 2.08. The van der Waals surface area contributed by atoms with Gasteiger partial charge in [0.05, 0.1) is 6.54 Å². The Bertz CT molecular complexity index is 507. The molecular weight excluding hydrogens is 268 g/mol. The maximum atomic E-state index is 11.1. The van der Waals surface area contributed by atoms with Gasteiger partial charge in [0.1, 0.15) is 0 Å². The molecule has 0 spiro atoms. The number of benzene rings is 1. The molecule has 21 heavy (non-hydrogen) atoms. The van der Waals surface area contributed by atoms with Crippen molar-refractivity contribution >= 4 is 18.0 Å². The monoisotopic (exact) mass is 290 g/mol. The summed E-state index contributed by atoms with van der Waals surface area (Å²) < 4.78 is 0. The molecule has 0 fully saturated rings. The van der Waals surface area contributed by atoms with Crippen LogP contribution in [-0.4, -0.2) is 35.0 Å². The molecule has 5 heteroatoms. The van der Waals surface area contributed by atoms with Gasteiger partial charge in [-0.05, 0) is 23.1 Å². The van der Waals surface area contributed by atoms with E-state index in [-0.39, 0.29) is 12.5 Å². The first-order valence-electron chi connectivity index (χ1n) is 6.87. The highest BCUT2D eigenvalue weighted by molar-refractivity contribution is 5.85. The molecule has 0 atom stereocenters. The molecule has 0 aliphatic carbocycles. The lowest BCUT2D eigenvalue weighted by Crippen LogP contribution is -2.35. The van der Waals surface area contributed by atoms with E-state index in [2.05, 4.69) is 13.8 Å². The summed E-state index contributed by atoms with van der Waals surface area (Å²) in [5.74, 6) is -0.859. The van der Waals surface area contributed by atoms with Crippen molar-refractivity contribution in [2.24, 2.45) is 11.7 Å². The average Bonchev–Trinajstić information content (AvgIpc) is 2.36. The van der Waals surface area contributed by atoms with Crippen LogP contribution >= 0.6 is 0 Å².